The maximum atomic E-state index is 10.0. The van der Waals surface area contributed by atoms with Crippen molar-refractivity contribution in [3.05, 3.63) is 28.2 Å². The molecule has 0 spiro atoms. The van der Waals surface area contributed by atoms with Crippen molar-refractivity contribution in [2.24, 2.45) is 5.73 Å². The van der Waals surface area contributed by atoms with Crippen LogP contribution in [-0.2, 0) is 6.54 Å². The van der Waals surface area contributed by atoms with Gasteiger partial charge in [0.1, 0.15) is 5.75 Å². The maximum Gasteiger partial charge on any atom is 0.120 e. The smallest absolute Gasteiger partial charge is 0.120 e. The molecule has 0 amide bonds. The summed E-state index contributed by atoms with van der Waals surface area (Å²) in [7, 11) is 0. The number of hydrogen-bond donors (Lipinski definition) is 2. The van der Waals surface area contributed by atoms with Crippen LogP contribution in [0.1, 0.15) is 44.6 Å². The Morgan fingerprint density at radius 1 is 1.30 bits per heavy atom. The summed E-state index contributed by atoms with van der Waals surface area (Å²) in [4.78, 5) is 2.51. The lowest BCUT2D eigenvalue weighted by atomic mass is 9.90. The molecule has 3 N–H and O–H groups in total. The molecule has 1 aromatic rings. The number of phenolic OH excluding ortho intramolecular Hbond substituents is 1. The summed E-state index contributed by atoms with van der Waals surface area (Å²) >= 11 is 3.48. The number of nitrogens with two attached hydrogens (primary N) is 1. The monoisotopic (exact) mass is 340 g/mol. The number of nitrogens with zero attached hydrogens (tertiary/aromatic N) is 1. The van der Waals surface area contributed by atoms with Gasteiger partial charge in [0.25, 0.3) is 0 Å². The minimum absolute atomic E-state index is 0.383. The zero-order chi connectivity index (χ0) is 14.5. The average Bonchev–Trinajstić information content (AvgIpc) is 2.43. The van der Waals surface area contributed by atoms with Gasteiger partial charge in [-0.25, -0.2) is 0 Å². The number of halogens is 1. The predicted molar refractivity (Wildman–Crippen MR) is 86.7 cm³/mol. The second-order valence-corrected chi connectivity index (χ2v) is 6.73. The van der Waals surface area contributed by atoms with Gasteiger partial charge in [-0.05, 0) is 56.8 Å². The van der Waals surface area contributed by atoms with Gasteiger partial charge < -0.3 is 10.8 Å². The van der Waals surface area contributed by atoms with E-state index in [0.717, 1.165) is 42.4 Å². The van der Waals surface area contributed by atoms with E-state index in [1.54, 1.807) is 6.07 Å². The Labute approximate surface area is 130 Å². The second kappa shape index (κ2) is 7.43. The fraction of sp³-hybridized carbons (Fsp3) is 0.625. The van der Waals surface area contributed by atoms with Gasteiger partial charge in [0, 0.05) is 28.7 Å². The first-order valence-electron chi connectivity index (χ1n) is 7.57. The van der Waals surface area contributed by atoms with E-state index >= 15 is 0 Å². The van der Waals surface area contributed by atoms with E-state index in [0.29, 0.717) is 17.8 Å². The molecule has 1 aliphatic carbocycles. The normalized spacial score (nSPS) is 23.2. The average molecular weight is 341 g/mol. The molecule has 0 radical (unpaired) electrons. The van der Waals surface area contributed by atoms with Crippen LogP contribution in [-0.4, -0.2) is 28.6 Å². The van der Waals surface area contributed by atoms with Gasteiger partial charge in [0.2, 0.25) is 0 Å². The summed E-state index contributed by atoms with van der Waals surface area (Å²) in [5, 5.41) is 10.0. The Kier molecular flexibility index (Phi) is 5.87. The standard InChI is InChI=1S/C16H25BrN2O/c1-2-9-19(15-6-4-14(18)5-7-15)11-12-10-13(17)3-8-16(12)20/h3,8,10,14-15,20H,2,4-7,9,11,18H2,1H3. The van der Waals surface area contributed by atoms with Gasteiger partial charge in [0.15, 0.2) is 0 Å². The lowest BCUT2D eigenvalue weighted by Gasteiger charge is -2.36. The number of phenols is 1. The van der Waals surface area contributed by atoms with Gasteiger partial charge in [-0.15, -0.1) is 0 Å². The third-order valence-electron chi connectivity index (χ3n) is 4.18. The van der Waals surface area contributed by atoms with Gasteiger partial charge in [-0.1, -0.05) is 22.9 Å². The van der Waals surface area contributed by atoms with Crippen LogP contribution in [0.3, 0.4) is 0 Å². The van der Waals surface area contributed by atoms with Crippen LogP contribution < -0.4 is 5.73 Å². The highest BCUT2D eigenvalue weighted by Crippen LogP contribution is 2.28. The summed E-state index contributed by atoms with van der Waals surface area (Å²) in [6.45, 7) is 4.10. The molecule has 0 bridgehead atoms. The number of rotatable bonds is 5. The summed E-state index contributed by atoms with van der Waals surface area (Å²) in [6, 6.07) is 6.65. The SMILES string of the molecule is CCCN(Cc1cc(Br)ccc1O)C1CCC(N)CC1. The molecule has 1 saturated carbocycles. The van der Waals surface area contributed by atoms with E-state index in [1.807, 2.05) is 12.1 Å². The van der Waals surface area contributed by atoms with Crippen LogP contribution in [0.5, 0.6) is 5.75 Å². The van der Waals surface area contributed by atoms with Crippen molar-refractivity contribution in [2.75, 3.05) is 6.54 Å². The topological polar surface area (TPSA) is 49.5 Å². The van der Waals surface area contributed by atoms with E-state index in [-0.39, 0.29) is 0 Å². The molecule has 20 heavy (non-hydrogen) atoms. The van der Waals surface area contributed by atoms with Crippen molar-refractivity contribution >= 4 is 15.9 Å². The van der Waals surface area contributed by atoms with Crippen molar-refractivity contribution in [2.45, 2.75) is 57.7 Å². The Balaban J connectivity index is 2.06. The minimum Gasteiger partial charge on any atom is -0.508 e. The molecule has 0 aliphatic heterocycles. The molecule has 0 saturated heterocycles. The molecule has 1 aliphatic rings. The quantitative estimate of drug-likeness (QED) is 0.860. The van der Waals surface area contributed by atoms with Gasteiger partial charge >= 0.3 is 0 Å². The Morgan fingerprint density at radius 2 is 2.00 bits per heavy atom. The highest BCUT2D eigenvalue weighted by molar-refractivity contribution is 9.10. The van der Waals surface area contributed by atoms with Crippen LogP contribution in [0.4, 0.5) is 0 Å². The van der Waals surface area contributed by atoms with E-state index in [4.69, 9.17) is 5.73 Å². The molecule has 1 aromatic carbocycles. The summed E-state index contributed by atoms with van der Waals surface area (Å²) in [5.41, 5.74) is 7.01. The first kappa shape index (κ1) is 15.8. The van der Waals surface area contributed by atoms with Crippen LogP contribution >= 0.6 is 15.9 Å². The largest absolute Gasteiger partial charge is 0.508 e. The Morgan fingerprint density at radius 3 is 2.65 bits per heavy atom. The van der Waals surface area contributed by atoms with E-state index in [2.05, 4.69) is 27.8 Å². The summed E-state index contributed by atoms with van der Waals surface area (Å²) < 4.78 is 1.02. The Bertz CT molecular complexity index is 430. The van der Waals surface area contributed by atoms with E-state index in [9.17, 15) is 5.11 Å². The van der Waals surface area contributed by atoms with Gasteiger partial charge in [-0.2, -0.15) is 0 Å². The first-order valence-corrected chi connectivity index (χ1v) is 8.36. The van der Waals surface area contributed by atoms with Gasteiger partial charge in [0.05, 0.1) is 0 Å². The van der Waals surface area contributed by atoms with Crippen molar-refractivity contribution < 1.29 is 5.11 Å². The number of benzene rings is 1. The Hall–Kier alpha value is -0.580. The lowest BCUT2D eigenvalue weighted by molar-refractivity contribution is 0.141. The highest BCUT2D eigenvalue weighted by atomic mass is 79.9. The molecule has 0 unspecified atom stereocenters. The number of hydrogen-bond acceptors (Lipinski definition) is 3. The van der Waals surface area contributed by atoms with Crippen molar-refractivity contribution in [1.29, 1.82) is 0 Å². The molecule has 0 atom stereocenters. The predicted octanol–water partition coefficient (Wildman–Crippen LogP) is 3.64. The molecule has 112 valence electrons. The summed E-state index contributed by atoms with van der Waals surface area (Å²) in [5.74, 6) is 0.391. The van der Waals surface area contributed by atoms with E-state index in [1.165, 1.54) is 12.8 Å². The molecular formula is C16H25BrN2O. The molecule has 0 aromatic heterocycles. The summed E-state index contributed by atoms with van der Waals surface area (Å²) in [6.07, 6.45) is 5.73. The van der Waals surface area contributed by atoms with Crippen LogP contribution in [0.15, 0.2) is 22.7 Å². The molecule has 0 heterocycles. The third-order valence-corrected chi connectivity index (χ3v) is 4.68. The highest BCUT2D eigenvalue weighted by Gasteiger charge is 2.24. The zero-order valence-corrected chi connectivity index (χ0v) is 13.8. The molecular weight excluding hydrogens is 316 g/mol. The van der Waals surface area contributed by atoms with Crippen molar-refractivity contribution in [1.82, 2.24) is 4.90 Å². The van der Waals surface area contributed by atoms with Crippen LogP contribution in [0.25, 0.3) is 0 Å². The molecule has 1 fully saturated rings. The van der Waals surface area contributed by atoms with Crippen molar-refractivity contribution in [3.63, 3.8) is 0 Å². The van der Waals surface area contributed by atoms with Crippen LogP contribution in [0.2, 0.25) is 0 Å². The zero-order valence-electron chi connectivity index (χ0n) is 12.2. The molecule has 4 heteroatoms. The van der Waals surface area contributed by atoms with Crippen molar-refractivity contribution in [3.8, 4) is 5.75 Å². The second-order valence-electron chi connectivity index (χ2n) is 5.81. The third kappa shape index (κ3) is 4.21. The molecule has 2 rings (SSSR count). The van der Waals surface area contributed by atoms with Gasteiger partial charge in [-0.3, -0.25) is 4.90 Å². The lowest BCUT2D eigenvalue weighted by Crippen LogP contribution is -2.40. The van der Waals surface area contributed by atoms with Crippen LogP contribution in [0, 0.1) is 0 Å². The minimum atomic E-state index is 0.383. The first-order chi connectivity index (χ1) is 9.60. The fourth-order valence-corrected chi connectivity index (χ4v) is 3.45. The fourth-order valence-electron chi connectivity index (χ4n) is 3.04. The number of aromatic hydroxyl groups is 1. The maximum absolute atomic E-state index is 10.0. The van der Waals surface area contributed by atoms with E-state index < -0.39 is 0 Å². The molecule has 3 nitrogen and oxygen atoms in total.